The lowest BCUT2D eigenvalue weighted by molar-refractivity contribution is -0.274. The monoisotopic (exact) mass is 408 g/mol. The molecule has 1 saturated heterocycles. The summed E-state index contributed by atoms with van der Waals surface area (Å²) in [6.45, 7) is 1.42. The minimum atomic E-state index is -4.73. The first-order valence-corrected chi connectivity index (χ1v) is 7.66. The van der Waals surface area contributed by atoms with E-state index in [1.54, 1.807) is 0 Å². The molecule has 7 nitrogen and oxygen atoms in total. The first-order valence-electron chi connectivity index (χ1n) is 6.86. The van der Waals surface area contributed by atoms with Crippen LogP contribution in [0.4, 0.5) is 19.1 Å². The highest BCUT2D eigenvalue weighted by molar-refractivity contribution is 9.10. The predicted octanol–water partition coefficient (Wildman–Crippen LogP) is 2.71. The van der Waals surface area contributed by atoms with Gasteiger partial charge in [0.05, 0.1) is 25.4 Å². The van der Waals surface area contributed by atoms with Gasteiger partial charge in [-0.25, -0.2) is 0 Å². The highest BCUT2D eigenvalue weighted by Gasteiger charge is 2.31. The second-order valence-corrected chi connectivity index (χ2v) is 5.42. The summed E-state index contributed by atoms with van der Waals surface area (Å²) in [4.78, 5) is 4.16. The summed E-state index contributed by atoms with van der Waals surface area (Å²) in [5, 5.41) is 7.17. The van der Waals surface area contributed by atoms with Crippen molar-refractivity contribution in [1.29, 1.82) is 0 Å². The molecule has 0 amide bonds. The zero-order valence-corrected chi connectivity index (χ0v) is 13.7. The summed E-state index contributed by atoms with van der Waals surface area (Å²) in [6, 6.07) is 5.28. The van der Waals surface area contributed by atoms with Crippen molar-refractivity contribution in [2.75, 3.05) is 25.1 Å². The Balaban J connectivity index is 1.73. The molecule has 130 valence electrons. The third-order valence-corrected chi connectivity index (χ3v) is 3.35. The second-order valence-electron chi connectivity index (χ2n) is 4.71. The number of nitrogens with one attached hydrogen (secondary N) is 1. The molecule has 0 radical (unpaired) electrons. The molecule has 1 aromatic heterocycles. The fraction of sp³-hybridized carbons (Fsp3) is 0.385. The molecule has 0 aliphatic carbocycles. The SMILES string of the molecule is FC(F)(F)Oc1ccc(-n2nc(Br)nc2NCC2OCCO2)cc1. The standard InChI is InChI=1S/C13H12BrF3N4O3/c14-11-19-12(18-7-10-22-5-6-23-10)21(20-11)8-1-3-9(4-2-8)24-13(15,16)17/h1-4,10H,5-7H2,(H,18,19,20). The van der Waals surface area contributed by atoms with Crippen LogP contribution < -0.4 is 10.1 Å². The van der Waals surface area contributed by atoms with Crippen LogP contribution in [0.15, 0.2) is 29.0 Å². The summed E-state index contributed by atoms with van der Waals surface area (Å²) in [5.41, 5.74) is 0.512. The Morgan fingerprint density at radius 1 is 1.25 bits per heavy atom. The third kappa shape index (κ3) is 4.36. The van der Waals surface area contributed by atoms with E-state index in [1.807, 2.05) is 0 Å². The van der Waals surface area contributed by atoms with Crippen LogP contribution in [0, 0.1) is 0 Å². The molecule has 1 aliphatic heterocycles. The van der Waals surface area contributed by atoms with Gasteiger partial charge in [-0.3, -0.25) is 0 Å². The third-order valence-electron chi connectivity index (χ3n) is 3.01. The normalized spacial score (nSPS) is 15.7. The Kier molecular flexibility index (Phi) is 4.92. The van der Waals surface area contributed by atoms with Crippen molar-refractivity contribution in [2.24, 2.45) is 0 Å². The number of aromatic nitrogens is 3. The Morgan fingerprint density at radius 3 is 2.54 bits per heavy atom. The molecule has 24 heavy (non-hydrogen) atoms. The molecule has 3 rings (SSSR count). The smallest absolute Gasteiger partial charge is 0.406 e. The van der Waals surface area contributed by atoms with Crippen LogP contribution in [-0.2, 0) is 9.47 Å². The van der Waals surface area contributed by atoms with E-state index in [-0.39, 0.29) is 12.0 Å². The van der Waals surface area contributed by atoms with Crippen LogP contribution >= 0.6 is 15.9 Å². The quantitative estimate of drug-likeness (QED) is 0.819. The Hall–Kier alpha value is -1.85. The predicted molar refractivity (Wildman–Crippen MR) is 79.9 cm³/mol. The van der Waals surface area contributed by atoms with Crippen molar-refractivity contribution in [2.45, 2.75) is 12.7 Å². The molecule has 0 spiro atoms. The zero-order chi connectivity index (χ0) is 17.2. The molecule has 0 unspecified atom stereocenters. The number of anilines is 1. The maximum absolute atomic E-state index is 12.2. The molecular formula is C13H12BrF3N4O3. The van der Waals surface area contributed by atoms with Crippen LogP contribution in [0.2, 0.25) is 0 Å². The van der Waals surface area contributed by atoms with Crippen molar-refractivity contribution < 1.29 is 27.4 Å². The Morgan fingerprint density at radius 2 is 1.92 bits per heavy atom. The van der Waals surface area contributed by atoms with Gasteiger partial charge in [-0.05, 0) is 40.2 Å². The van der Waals surface area contributed by atoms with E-state index < -0.39 is 6.36 Å². The summed E-state index contributed by atoms with van der Waals surface area (Å²) in [6.07, 6.45) is -5.11. The highest BCUT2D eigenvalue weighted by Crippen LogP contribution is 2.25. The maximum Gasteiger partial charge on any atom is 0.573 e. The second kappa shape index (κ2) is 6.95. The van der Waals surface area contributed by atoms with Gasteiger partial charge in [0.15, 0.2) is 6.29 Å². The number of alkyl halides is 3. The molecule has 1 fully saturated rings. The number of hydrogen-bond acceptors (Lipinski definition) is 6. The van der Waals surface area contributed by atoms with E-state index >= 15 is 0 Å². The first kappa shape index (κ1) is 17.0. The van der Waals surface area contributed by atoms with E-state index in [2.05, 4.69) is 36.1 Å². The molecule has 0 atom stereocenters. The van der Waals surface area contributed by atoms with Gasteiger partial charge in [-0.2, -0.15) is 9.67 Å². The van der Waals surface area contributed by atoms with E-state index in [0.29, 0.717) is 36.1 Å². The van der Waals surface area contributed by atoms with Crippen molar-refractivity contribution in [3.63, 3.8) is 0 Å². The number of hydrogen-bond donors (Lipinski definition) is 1. The summed E-state index contributed by atoms with van der Waals surface area (Å²) >= 11 is 3.17. The lowest BCUT2D eigenvalue weighted by Crippen LogP contribution is -2.22. The summed E-state index contributed by atoms with van der Waals surface area (Å²) in [5.74, 6) is 0.0816. The molecule has 0 saturated carbocycles. The average Bonchev–Trinajstić information content (AvgIpc) is 3.13. The van der Waals surface area contributed by atoms with Crippen molar-refractivity contribution >= 4 is 21.9 Å². The van der Waals surface area contributed by atoms with E-state index in [1.165, 1.54) is 28.9 Å². The lowest BCUT2D eigenvalue weighted by atomic mass is 10.3. The molecule has 11 heteroatoms. The van der Waals surface area contributed by atoms with Crippen molar-refractivity contribution in [3.05, 3.63) is 29.0 Å². The number of nitrogens with zero attached hydrogens (tertiary/aromatic N) is 3. The highest BCUT2D eigenvalue weighted by atomic mass is 79.9. The number of ether oxygens (including phenoxy) is 3. The summed E-state index contributed by atoms with van der Waals surface area (Å²) in [7, 11) is 0. The van der Waals surface area contributed by atoms with Gasteiger partial charge in [0, 0.05) is 0 Å². The number of rotatable bonds is 5. The molecule has 1 N–H and O–H groups in total. The van der Waals surface area contributed by atoms with Gasteiger partial charge in [0.25, 0.3) is 0 Å². The first-order chi connectivity index (χ1) is 11.4. The van der Waals surface area contributed by atoms with Crippen LogP contribution in [0.5, 0.6) is 5.75 Å². The van der Waals surface area contributed by atoms with Gasteiger partial charge in [0.1, 0.15) is 5.75 Å². The Labute approximate surface area is 142 Å². The van der Waals surface area contributed by atoms with Gasteiger partial charge >= 0.3 is 6.36 Å². The summed E-state index contributed by atoms with van der Waals surface area (Å²) < 4.78 is 52.8. The van der Waals surface area contributed by atoms with Crippen molar-refractivity contribution in [3.8, 4) is 11.4 Å². The average molecular weight is 409 g/mol. The van der Waals surface area contributed by atoms with Crippen LogP contribution in [0.1, 0.15) is 0 Å². The van der Waals surface area contributed by atoms with Crippen molar-refractivity contribution in [1.82, 2.24) is 14.8 Å². The largest absolute Gasteiger partial charge is 0.573 e. The fourth-order valence-corrected chi connectivity index (χ4v) is 2.40. The van der Waals surface area contributed by atoms with E-state index in [9.17, 15) is 13.2 Å². The van der Waals surface area contributed by atoms with E-state index in [0.717, 1.165) is 0 Å². The Bertz CT molecular complexity index is 687. The maximum atomic E-state index is 12.2. The van der Waals surface area contributed by atoms with Gasteiger partial charge < -0.3 is 19.5 Å². The molecule has 0 bridgehead atoms. The molecule has 1 aromatic carbocycles. The van der Waals surface area contributed by atoms with Gasteiger partial charge in [0.2, 0.25) is 10.7 Å². The molecule has 1 aliphatic rings. The minimum Gasteiger partial charge on any atom is -0.406 e. The number of halogens is 4. The topological polar surface area (TPSA) is 70.4 Å². The molecular weight excluding hydrogens is 397 g/mol. The van der Waals surface area contributed by atoms with Crippen LogP contribution in [0.3, 0.4) is 0 Å². The number of benzene rings is 1. The fourth-order valence-electron chi connectivity index (χ4n) is 2.07. The molecule has 2 aromatic rings. The molecule has 2 heterocycles. The van der Waals surface area contributed by atoms with Gasteiger partial charge in [-0.15, -0.1) is 18.3 Å². The van der Waals surface area contributed by atoms with E-state index in [4.69, 9.17) is 9.47 Å². The van der Waals surface area contributed by atoms with Gasteiger partial charge in [-0.1, -0.05) is 0 Å². The lowest BCUT2D eigenvalue weighted by Gasteiger charge is -2.12. The zero-order valence-electron chi connectivity index (χ0n) is 12.1. The minimum absolute atomic E-state index is 0.312. The van der Waals surface area contributed by atoms with Crippen LogP contribution in [-0.4, -0.2) is 47.2 Å². The van der Waals surface area contributed by atoms with Crippen LogP contribution in [0.25, 0.3) is 5.69 Å².